The lowest BCUT2D eigenvalue weighted by molar-refractivity contribution is -0.121. The quantitative estimate of drug-likeness (QED) is 0.582. The third-order valence-electron chi connectivity index (χ3n) is 2.35. The third-order valence-corrected chi connectivity index (χ3v) is 3.09. The largest absolute Gasteiger partial charge is 0.385 e. The van der Waals surface area contributed by atoms with E-state index in [-0.39, 0.29) is 18.0 Å². The molecule has 0 unspecified atom stereocenters. The molecule has 100 valence electrons. The Morgan fingerprint density at radius 3 is 3.00 bits per heavy atom. The molecule has 0 radical (unpaired) electrons. The second-order valence-corrected chi connectivity index (χ2v) is 4.90. The molecule has 6 nitrogen and oxygen atoms in total. The minimum absolute atomic E-state index is 0.00148. The van der Waals surface area contributed by atoms with Crippen LogP contribution in [0.3, 0.4) is 0 Å². The topological polar surface area (TPSA) is 73.2 Å². The molecule has 7 heteroatoms. The number of nitrogens with one attached hydrogen (secondary N) is 1. The average molecular weight is 365 g/mol. The zero-order chi connectivity index (χ0) is 13.5. The fourth-order valence-electron chi connectivity index (χ4n) is 1.38. The van der Waals surface area contributed by atoms with E-state index in [1.807, 2.05) is 22.6 Å². The number of nitrogens with zero attached hydrogens (tertiary/aromatic N) is 2. The summed E-state index contributed by atoms with van der Waals surface area (Å²) in [5.74, 6) is 0.340. The second-order valence-electron chi connectivity index (χ2n) is 3.74. The summed E-state index contributed by atoms with van der Waals surface area (Å²) in [6.07, 6.45) is 2.26. The maximum Gasteiger partial charge on any atom is 0.267 e. The van der Waals surface area contributed by atoms with Crippen LogP contribution >= 0.6 is 22.6 Å². The van der Waals surface area contributed by atoms with E-state index in [2.05, 4.69) is 10.3 Å². The van der Waals surface area contributed by atoms with E-state index in [9.17, 15) is 9.59 Å². The Balaban J connectivity index is 2.60. The van der Waals surface area contributed by atoms with Crippen molar-refractivity contribution in [3.05, 3.63) is 25.9 Å². The molecule has 0 spiro atoms. The van der Waals surface area contributed by atoms with Gasteiger partial charge in [-0.05, 0) is 35.9 Å². The molecule has 0 aliphatic carbocycles. The molecule has 1 amide bonds. The summed E-state index contributed by atoms with van der Waals surface area (Å²) < 4.78 is 6.75. The van der Waals surface area contributed by atoms with Gasteiger partial charge in [-0.1, -0.05) is 0 Å². The van der Waals surface area contributed by atoms with Crippen LogP contribution in [0.25, 0.3) is 0 Å². The minimum Gasteiger partial charge on any atom is -0.385 e. The van der Waals surface area contributed by atoms with Crippen molar-refractivity contribution in [3.63, 3.8) is 0 Å². The molecule has 0 aliphatic rings. The van der Waals surface area contributed by atoms with Crippen LogP contribution in [0.1, 0.15) is 12.2 Å². The van der Waals surface area contributed by atoms with Gasteiger partial charge in [0.2, 0.25) is 5.91 Å². The van der Waals surface area contributed by atoms with Gasteiger partial charge in [-0.25, -0.2) is 4.98 Å². The number of rotatable bonds is 6. The predicted octanol–water partition coefficient (Wildman–Crippen LogP) is 0.309. The molecule has 0 fully saturated rings. The normalized spacial score (nSPS) is 10.4. The van der Waals surface area contributed by atoms with Crippen molar-refractivity contribution in [2.45, 2.75) is 19.9 Å². The Labute approximate surface area is 119 Å². The highest BCUT2D eigenvalue weighted by molar-refractivity contribution is 14.1. The predicted molar refractivity (Wildman–Crippen MR) is 75.5 cm³/mol. The molecule has 1 rings (SSSR count). The number of aromatic nitrogens is 2. The van der Waals surface area contributed by atoms with Crippen LogP contribution in [0.5, 0.6) is 0 Å². The Hall–Kier alpha value is -0.960. The van der Waals surface area contributed by atoms with E-state index in [0.717, 1.165) is 6.42 Å². The van der Waals surface area contributed by atoms with Gasteiger partial charge in [-0.2, -0.15) is 0 Å². The molecule has 0 aliphatic heterocycles. The van der Waals surface area contributed by atoms with Crippen molar-refractivity contribution < 1.29 is 9.53 Å². The number of aryl methyl sites for hydroxylation is 1. The smallest absolute Gasteiger partial charge is 0.267 e. The van der Waals surface area contributed by atoms with E-state index in [1.54, 1.807) is 14.0 Å². The zero-order valence-corrected chi connectivity index (χ0v) is 12.6. The van der Waals surface area contributed by atoms with Gasteiger partial charge in [0.05, 0.1) is 3.57 Å². The van der Waals surface area contributed by atoms with Crippen LogP contribution in [0.4, 0.5) is 0 Å². The summed E-state index contributed by atoms with van der Waals surface area (Å²) in [5, 5.41) is 2.73. The fourth-order valence-corrected chi connectivity index (χ4v) is 1.81. The van der Waals surface area contributed by atoms with Gasteiger partial charge in [0, 0.05) is 26.5 Å². The number of hydrogen-bond acceptors (Lipinski definition) is 4. The van der Waals surface area contributed by atoms with Crippen molar-refractivity contribution in [1.82, 2.24) is 14.9 Å². The number of methoxy groups -OCH3 is 1. The first-order valence-electron chi connectivity index (χ1n) is 5.54. The summed E-state index contributed by atoms with van der Waals surface area (Å²) in [6.45, 7) is 2.85. The Bertz CT molecular complexity index is 473. The molecule has 1 heterocycles. The van der Waals surface area contributed by atoms with E-state index in [1.165, 1.54) is 10.8 Å². The Morgan fingerprint density at radius 1 is 1.61 bits per heavy atom. The van der Waals surface area contributed by atoms with Crippen molar-refractivity contribution in [2.75, 3.05) is 20.3 Å². The number of halogens is 1. The van der Waals surface area contributed by atoms with E-state index in [4.69, 9.17) is 4.74 Å². The van der Waals surface area contributed by atoms with Gasteiger partial charge in [-0.15, -0.1) is 0 Å². The SMILES string of the molecule is COCCCNC(=O)Cn1c(C)ncc(I)c1=O. The highest BCUT2D eigenvalue weighted by Gasteiger charge is 2.09. The molecular weight excluding hydrogens is 349 g/mol. The number of carbonyl (C=O) groups is 1. The van der Waals surface area contributed by atoms with E-state index < -0.39 is 0 Å². The average Bonchev–Trinajstić information content (AvgIpc) is 2.35. The van der Waals surface area contributed by atoms with Crippen LogP contribution in [0.15, 0.2) is 11.0 Å². The molecule has 0 aromatic carbocycles. The molecule has 0 bridgehead atoms. The molecule has 0 atom stereocenters. The first-order valence-corrected chi connectivity index (χ1v) is 6.61. The maximum atomic E-state index is 11.8. The zero-order valence-electron chi connectivity index (χ0n) is 10.4. The number of carbonyl (C=O) groups excluding carboxylic acids is 1. The number of hydrogen-bond donors (Lipinski definition) is 1. The third kappa shape index (κ3) is 4.37. The first-order chi connectivity index (χ1) is 8.56. The maximum absolute atomic E-state index is 11.8. The molecule has 1 aromatic heterocycles. The summed E-state index contributed by atoms with van der Waals surface area (Å²) in [7, 11) is 1.61. The van der Waals surface area contributed by atoms with Gasteiger partial charge in [-0.3, -0.25) is 14.2 Å². The lowest BCUT2D eigenvalue weighted by Crippen LogP contribution is -2.35. The Kier molecular flexibility index (Phi) is 6.27. The van der Waals surface area contributed by atoms with Gasteiger partial charge < -0.3 is 10.1 Å². The molecular formula is C11H16IN3O3. The van der Waals surface area contributed by atoms with Gasteiger partial charge in [0.15, 0.2) is 0 Å². The van der Waals surface area contributed by atoms with Gasteiger partial charge >= 0.3 is 0 Å². The number of amides is 1. The number of ether oxygens (including phenoxy) is 1. The Morgan fingerprint density at radius 2 is 2.33 bits per heavy atom. The second kappa shape index (κ2) is 7.47. The lowest BCUT2D eigenvalue weighted by Gasteiger charge is -2.09. The fraction of sp³-hybridized carbons (Fsp3) is 0.545. The van der Waals surface area contributed by atoms with Crippen LogP contribution < -0.4 is 10.9 Å². The molecule has 18 heavy (non-hydrogen) atoms. The van der Waals surface area contributed by atoms with Crippen LogP contribution in [0, 0.1) is 10.5 Å². The van der Waals surface area contributed by atoms with Gasteiger partial charge in [0.1, 0.15) is 12.4 Å². The molecule has 1 N–H and O–H groups in total. The highest BCUT2D eigenvalue weighted by atomic mass is 127. The monoisotopic (exact) mass is 365 g/mol. The molecule has 1 aromatic rings. The highest BCUT2D eigenvalue weighted by Crippen LogP contribution is 1.97. The van der Waals surface area contributed by atoms with E-state index in [0.29, 0.717) is 22.5 Å². The molecule has 0 saturated heterocycles. The first kappa shape index (κ1) is 15.1. The standard InChI is InChI=1S/C11H16IN3O3/c1-8-14-6-9(12)11(17)15(8)7-10(16)13-4-3-5-18-2/h6H,3-5,7H2,1-2H3,(H,13,16). The van der Waals surface area contributed by atoms with Crippen LogP contribution in [0.2, 0.25) is 0 Å². The van der Waals surface area contributed by atoms with Crippen LogP contribution in [-0.4, -0.2) is 35.7 Å². The van der Waals surface area contributed by atoms with Crippen molar-refractivity contribution in [2.24, 2.45) is 0 Å². The summed E-state index contributed by atoms with van der Waals surface area (Å²) >= 11 is 1.91. The van der Waals surface area contributed by atoms with Crippen LogP contribution in [-0.2, 0) is 16.1 Å². The van der Waals surface area contributed by atoms with Gasteiger partial charge in [0.25, 0.3) is 5.56 Å². The van der Waals surface area contributed by atoms with E-state index >= 15 is 0 Å². The van der Waals surface area contributed by atoms with Crippen molar-refractivity contribution in [1.29, 1.82) is 0 Å². The summed E-state index contributed by atoms with van der Waals surface area (Å²) in [6, 6.07) is 0. The van der Waals surface area contributed by atoms with Crippen molar-refractivity contribution in [3.8, 4) is 0 Å². The molecule has 0 saturated carbocycles. The summed E-state index contributed by atoms with van der Waals surface area (Å²) in [5.41, 5.74) is -0.185. The lowest BCUT2D eigenvalue weighted by atomic mass is 10.4. The summed E-state index contributed by atoms with van der Waals surface area (Å²) in [4.78, 5) is 27.5. The minimum atomic E-state index is -0.194. The van der Waals surface area contributed by atoms with Crippen molar-refractivity contribution >= 4 is 28.5 Å².